The number of thiazole rings is 1. The lowest BCUT2D eigenvalue weighted by Crippen LogP contribution is -2.49. The Bertz CT molecular complexity index is 495. The van der Waals surface area contributed by atoms with Crippen LogP contribution in [0.5, 0.6) is 0 Å². The van der Waals surface area contributed by atoms with E-state index in [1.54, 1.807) is 11.3 Å². The summed E-state index contributed by atoms with van der Waals surface area (Å²) < 4.78 is 0. The van der Waals surface area contributed by atoms with Crippen LogP contribution >= 0.6 is 35.3 Å². The molecule has 2 N–H and O–H groups in total. The van der Waals surface area contributed by atoms with Gasteiger partial charge in [0.15, 0.2) is 5.96 Å². The maximum atomic E-state index is 4.71. The molecule has 1 aromatic rings. The Morgan fingerprint density at radius 1 is 1.42 bits per heavy atom. The number of nitrogens with one attached hydrogen (secondary N) is 2. The molecular weight excluding hydrogens is 433 g/mol. The van der Waals surface area contributed by atoms with Crippen LogP contribution in [-0.4, -0.2) is 54.1 Å². The highest BCUT2D eigenvalue weighted by molar-refractivity contribution is 14.0. The summed E-state index contributed by atoms with van der Waals surface area (Å²) in [5, 5.41) is 10.2. The van der Waals surface area contributed by atoms with Crippen molar-refractivity contribution in [2.24, 2.45) is 4.99 Å². The normalized spacial score (nSPS) is 17.0. The summed E-state index contributed by atoms with van der Waals surface area (Å²) in [5.74, 6) is 0.947. The molecule has 2 rings (SSSR count). The van der Waals surface area contributed by atoms with Gasteiger partial charge in [0.1, 0.15) is 0 Å². The van der Waals surface area contributed by atoms with Crippen molar-refractivity contribution in [2.45, 2.75) is 59.0 Å². The van der Waals surface area contributed by atoms with Crippen molar-refractivity contribution < 1.29 is 0 Å². The highest BCUT2D eigenvalue weighted by atomic mass is 127. The second-order valence-corrected chi connectivity index (χ2v) is 7.48. The van der Waals surface area contributed by atoms with Crippen molar-refractivity contribution in [3.8, 4) is 0 Å². The molecule has 1 saturated heterocycles. The number of aromatic nitrogens is 1. The molecule has 0 atom stereocenters. The monoisotopic (exact) mass is 465 g/mol. The zero-order chi connectivity index (χ0) is 16.7. The molecule has 0 saturated carbocycles. The van der Waals surface area contributed by atoms with E-state index in [9.17, 15) is 0 Å². The van der Waals surface area contributed by atoms with Crippen LogP contribution in [0.4, 0.5) is 0 Å². The minimum Gasteiger partial charge on any atom is -0.357 e. The average Bonchev–Trinajstić information content (AvgIpc) is 2.93. The van der Waals surface area contributed by atoms with Gasteiger partial charge in [-0.05, 0) is 40.5 Å². The second kappa shape index (κ2) is 11.3. The molecule has 24 heavy (non-hydrogen) atoms. The molecular formula is C17H32IN5S. The molecule has 5 nitrogen and oxygen atoms in total. The second-order valence-electron chi connectivity index (χ2n) is 6.42. The summed E-state index contributed by atoms with van der Waals surface area (Å²) in [4.78, 5) is 11.8. The van der Waals surface area contributed by atoms with E-state index in [1.165, 1.54) is 25.9 Å². The molecule has 0 unspecified atom stereocenters. The Morgan fingerprint density at radius 2 is 2.12 bits per heavy atom. The topological polar surface area (TPSA) is 52.6 Å². The van der Waals surface area contributed by atoms with E-state index in [1.807, 2.05) is 6.92 Å². The molecule has 1 aliphatic rings. The highest BCUT2D eigenvalue weighted by Gasteiger charge is 2.21. The van der Waals surface area contributed by atoms with Crippen molar-refractivity contribution in [1.82, 2.24) is 20.5 Å². The van der Waals surface area contributed by atoms with Gasteiger partial charge in [0.25, 0.3) is 0 Å². The molecule has 0 radical (unpaired) electrons. The first-order valence-electron chi connectivity index (χ1n) is 8.78. The van der Waals surface area contributed by atoms with Crippen molar-refractivity contribution >= 4 is 41.3 Å². The summed E-state index contributed by atoms with van der Waals surface area (Å²) in [7, 11) is 0. The fourth-order valence-corrected chi connectivity index (χ4v) is 3.53. The number of nitrogens with zero attached hydrogens (tertiary/aromatic N) is 3. The lowest BCUT2D eigenvalue weighted by atomic mass is 10.0. The maximum absolute atomic E-state index is 4.71. The number of halogens is 1. The van der Waals surface area contributed by atoms with E-state index in [0.717, 1.165) is 36.2 Å². The molecule has 0 spiro atoms. The third-order valence-electron chi connectivity index (χ3n) is 4.25. The summed E-state index contributed by atoms with van der Waals surface area (Å²) in [6.07, 6.45) is 3.29. The van der Waals surface area contributed by atoms with Crippen LogP contribution < -0.4 is 10.6 Å². The first-order valence-corrected chi connectivity index (χ1v) is 9.66. The van der Waals surface area contributed by atoms with Crippen LogP contribution in [0.1, 0.15) is 44.3 Å². The molecule has 0 amide bonds. The molecule has 2 heterocycles. The highest BCUT2D eigenvalue weighted by Crippen LogP contribution is 2.13. The minimum atomic E-state index is 0. The first kappa shape index (κ1) is 21.6. The summed E-state index contributed by atoms with van der Waals surface area (Å²) in [6, 6.07) is 1.18. The average molecular weight is 465 g/mol. The van der Waals surface area contributed by atoms with E-state index in [2.05, 4.69) is 46.7 Å². The van der Waals surface area contributed by atoms with Gasteiger partial charge in [0.2, 0.25) is 0 Å². The quantitative estimate of drug-likeness (QED) is 0.385. The molecule has 7 heteroatoms. The van der Waals surface area contributed by atoms with E-state index in [-0.39, 0.29) is 24.0 Å². The van der Waals surface area contributed by atoms with Crippen LogP contribution in [0.15, 0.2) is 10.4 Å². The molecule has 0 aliphatic carbocycles. The summed E-state index contributed by atoms with van der Waals surface area (Å²) in [5.41, 5.74) is 1.15. The van der Waals surface area contributed by atoms with Gasteiger partial charge in [-0.25, -0.2) is 4.98 Å². The summed E-state index contributed by atoms with van der Waals surface area (Å²) >= 11 is 1.71. The van der Waals surface area contributed by atoms with Crippen LogP contribution in [0.2, 0.25) is 0 Å². The number of rotatable bonds is 6. The lowest BCUT2D eigenvalue weighted by molar-refractivity contribution is 0.167. The van der Waals surface area contributed by atoms with Crippen LogP contribution in [0, 0.1) is 6.92 Å². The number of aryl methyl sites for hydroxylation is 1. The van der Waals surface area contributed by atoms with E-state index in [0.29, 0.717) is 12.1 Å². The summed E-state index contributed by atoms with van der Waals surface area (Å²) in [6.45, 7) is 12.7. The third-order valence-corrected chi connectivity index (χ3v) is 5.07. The smallest absolute Gasteiger partial charge is 0.191 e. The van der Waals surface area contributed by atoms with Gasteiger partial charge in [-0.1, -0.05) is 0 Å². The predicted octanol–water partition coefficient (Wildman–Crippen LogP) is 3.04. The zero-order valence-corrected chi connectivity index (χ0v) is 18.5. The first-order chi connectivity index (χ1) is 11.1. The number of hydrogen-bond donors (Lipinski definition) is 2. The van der Waals surface area contributed by atoms with Crippen LogP contribution in [0.25, 0.3) is 0 Å². The molecule has 1 fully saturated rings. The molecule has 138 valence electrons. The van der Waals surface area contributed by atoms with Gasteiger partial charge in [0, 0.05) is 50.1 Å². The predicted molar refractivity (Wildman–Crippen MR) is 115 cm³/mol. The van der Waals surface area contributed by atoms with Gasteiger partial charge in [0.05, 0.1) is 10.7 Å². The van der Waals surface area contributed by atoms with Gasteiger partial charge in [-0.3, -0.25) is 4.99 Å². The van der Waals surface area contributed by atoms with E-state index < -0.39 is 0 Å². The van der Waals surface area contributed by atoms with Crippen LogP contribution in [0.3, 0.4) is 0 Å². The number of hydrogen-bond acceptors (Lipinski definition) is 4. The van der Waals surface area contributed by atoms with Crippen LogP contribution in [-0.2, 0) is 6.42 Å². The Kier molecular flexibility index (Phi) is 10.1. The SMILES string of the molecule is CCNC(=NCCc1csc(C)n1)NC1CCN(C(C)C)CC1.I. The Balaban J connectivity index is 0.00000288. The van der Waals surface area contributed by atoms with E-state index >= 15 is 0 Å². The fraction of sp³-hybridized carbons (Fsp3) is 0.765. The van der Waals surface area contributed by atoms with Crippen molar-refractivity contribution in [1.29, 1.82) is 0 Å². The molecule has 1 aliphatic heterocycles. The van der Waals surface area contributed by atoms with Gasteiger partial charge in [-0.15, -0.1) is 35.3 Å². The third kappa shape index (κ3) is 7.23. The standard InChI is InChI=1S/C17H31N5S.HI/c1-5-18-17(19-9-6-16-12-23-14(4)20-16)21-15-7-10-22(11-8-15)13(2)3;/h12-13,15H,5-11H2,1-4H3,(H2,18,19,21);1H. The minimum absolute atomic E-state index is 0. The maximum Gasteiger partial charge on any atom is 0.191 e. The van der Waals surface area contributed by atoms with Crippen molar-refractivity contribution in [2.75, 3.05) is 26.2 Å². The van der Waals surface area contributed by atoms with Gasteiger partial charge >= 0.3 is 0 Å². The Hall–Kier alpha value is -0.410. The largest absolute Gasteiger partial charge is 0.357 e. The lowest BCUT2D eigenvalue weighted by Gasteiger charge is -2.35. The van der Waals surface area contributed by atoms with Gasteiger partial charge in [-0.2, -0.15) is 0 Å². The number of guanidine groups is 1. The number of likely N-dealkylation sites (tertiary alicyclic amines) is 1. The molecule has 0 bridgehead atoms. The Morgan fingerprint density at radius 3 is 2.67 bits per heavy atom. The van der Waals surface area contributed by atoms with Gasteiger partial charge < -0.3 is 15.5 Å². The molecule has 1 aromatic heterocycles. The zero-order valence-electron chi connectivity index (χ0n) is 15.3. The van der Waals surface area contributed by atoms with Crippen molar-refractivity contribution in [3.05, 3.63) is 16.1 Å². The fourth-order valence-electron chi connectivity index (χ4n) is 2.88. The van der Waals surface area contributed by atoms with E-state index in [4.69, 9.17) is 4.99 Å². The molecule has 0 aromatic carbocycles. The Labute approximate surface area is 167 Å². The number of aliphatic imine (C=N–C) groups is 1. The van der Waals surface area contributed by atoms with Crippen molar-refractivity contribution in [3.63, 3.8) is 0 Å². The number of piperidine rings is 1.